The molecule has 17 nitrogen and oxygen atoms in total. The van der Waals surface area contributed by atoms with Crippen LogP contribution < -0.4 is 0 Å². The highest BCUT2D eigenvalue weighted by atomic mass is 32.2. The van der Waals surface area contributed by atoms with Crippen molar-refractivity contribution in [1.82, 2.24) is 10.1 Å². The largest absolute Gasteiger partial charge is 0.394 e. The van der Waals surface area contributed by atoms with E-state index in [9.17, 15) is 45.6 Å². The number of imide groups is 2. The lowest BCUT2D eigenvalue weighted by Crippen LogP contribution is -2.38. The van der Waals surface area contributed by atoms with E-state index in [1.165, 1.54) is 0 Å². The molecule has 0 spiro atoms. The Labute approximate surface area is 184 Å². The van der Waals surface area contributed by atoms with Crippen molar-refractivity contribution >= 4 is 55.8 Å². The molecule has 0 aromatic heterocycles. The Bertz CT molecular complexity index is 1100. The molecule has 2 fully saturated rings. The molecule has 2 atom stereocenters. The van der Waals surface area contributed by atoms with Gasteiger partial charge in [0.05, 0.1) is 38.9 Å². The van der Waals surface area contributed by atoms with Crippen LogP contribution in [-0.4, -0.2) is 95.9 Å². The Kier molecular flexibility index (Phi) is 7.85. The number of aliphatic hydroxyl groups is 1. The molecule has 2 heterocycles. The zero-order valence-electron chi connectivity index (χ0n) is 16.3. The summed E-state index contributed by atoms with van der Waals surface area (Å²) in [4.78, 5) is 79.6. The van der Waals surface area contributed by atoms with E-state index in [2.05, 4.69) is 13.9 Å². The molecule has 2 saturated heterocycles. The highest BCUT2D eigenvalue weighted by Crippen LogP contribution is 2.23. The Morgan fingerprint density at radius 3 is 1.67 bits per heavy atom. The number of carbonyl (C=O) groups is 6. The summed E-state index contributed by atoms with van der Waals surface area (Å²) >= 11 is 0. The quantitative estimate of drug-likeness (QED) is 0.160. The summed E-state index contributed by atoms with van der Waals surface area (Å²) in [5.74, 6) is -8.19. The molecule has 2 rings (SSSR count). The van der Waals surface area contributed by atoms with Gasteiger partial charge < -0.3 is 14.8 Å². The van der Waals surface area contributed by atoms with Crippen molar-refractivity contribution in [1.29, 1.82) is 0 Å². The summed E-state index contributed by atoms with van der Waals surface area (Å²) in [6, 6.07) is 0. The Morgan fingerprint density at radius 2 is 1.27 bits per heavy atom. The summed E-state index contributed by atoms with van der Waals surface area (Å²) in [7, 11) is -9.54. The third kappa shape index (κ3) is 6.07. The molecule has 2 aliphatic heterocycles. The summed E-state index contributed by atoms with van der Waals surface area (Å²) in [6.07, 6.45) is -3.62. The van der Waals surface area contributed by atoms with Gasteiger partial charge in [-0.1, -0.05) is 0 Å². The van der Waals surface area contributed by atoms with Crippen LogP contribution in [-0.2, 0) is 62.9 Å². The van der Waals surface area contributed by atoms with Gasteiger partial charge in [-0.15, -0.1) is 10.1 Å². The van der Waals surface area contributed by atoms with Gasteiger partial charge in [-0.05, 0) is 0 Å². The van der Waals surface area contributed by atoms with Gasteiger partial charge >= 0.3 is 11.9 Å². The number of carbonyl (C=O) groups excluding carboxylic acids is 6. The number of hydrogen-bond acceptors (Lipinski definition) is 14. The van der Waals surface area contributed by atoms with Crippen molar-refractivity contribution < 1.29 is 69.1 Å². The number of amides is 4. The van der Waals surface area contributed by atoms with Crippen LogP contribution in [0, 0.1) is 0 Å². The van der Waals surface area contributed by atoms with Gasteiger partial charge in [0.1, 0.15) is 0 Å². The SMILES string of the molecule is O=C(CCC(=O)ON1C(=O)CC(S(=O)(=O)OCCO)C1=O)ON1C(=O)CC(S(=O)(=O)O)C1=O. The minimum Gasteiger partial charge on any atom is -0.394 e. The van der Waals surface area contributed by atoms with Gasteiger partial charge in [0.25, 0.3) is 43.9 Å². The Balaban J connectivity index is 1.89. The van der Waals surface area contributed by atoms with Crippen LogP contribution in [0.25, 0.3) is 0 Å². The van der Waals surface area contributed by atoms with Gasteiger partial charge in [0.15, 0.2) is 10.5 Å². The maximum absolute atomic E-state index is 12.1. The second-order valence-electron chi connectivity index (χ2n) is 6.42. The molecule has 4 amide bonds. The minimum atomic E-state index is -4.93. The fourth-order valence-electron chi connectivity index (χ4n) is 2.55. The van der Waals surface area contributed by atoms with Crippen LogP contribution in [0.2, 0.25) is 0 Å². The first-order valence-corrected chi connectivity index (χ1v) is 11.8. The third-order valence-electron chi connectivity index (χ3n) is 4.09. The zero-order chi connectivity index (χ0) is 25.1. The highest BCUT2D eigenvalue weighted by molar-refractivity contribution is 7.88. The summed E-state index contributed by atoms with van der Waals surface area (Å²) in [5, 5.41) is 4.10. The number of rotatable bonds is 10. The predicted molar refractivity (Wildman–Crippen MR) is 95.4 cm³/mol. The van der Waals surface area contributed by atoms with E-state index < -0.39 is 105 Å². The van der Waals surface area contributed by atoms with Gasteiger partial charge in [-0.3, -0.25) is 27.9 Å². The third-order valence-corrected chi connectivity index (χ3v) is 6.74. The van der Waals surface area contributed by atoms with Crippen LogP contribution in [0.15, 0.2) is 0 Å². The van der Waals surface area contributed by atoms with Crippen molar-refractivity contribution in [2.45, 2.75) is 36.2 Å². The van der Waals surface area contributed by atoms with Crippen LogP contribution in [0.3, 0.4) is 0 Å². The Hall–Kier alpha value is -3.00. The normalized spacial score (nSPS) is 21.6. The van der Waals surface area contributed by atoms with E-state index >= 15 is 0 Å². The highest BCUT2D eigenvalue weighted by Gasteiger charge is 2.50. The van der Waals surface area contributed by atoms with E-state index in [0.29, 0.717) is 0 Å². The lowest BCUT2D eigenvalue weighted by atomic mass is 10.3. The van der Waals surface area contributed by atoms with Gasteiger partial charge in [-0.2, -0.15) is 16.8 Å². The van der Waals surface area contributed by atoms with E-state index in [1.54, 1.807) is 0 Å². The molecular weight excluding hydrogens is 500 g/mol. The maximum Gasteiger partial charge on any atom is 0.333 e. The summed E-state index contributed by atoms with van der Waals surface area (Å²) in [6.45, 7) is -1.36. The molecule has 2 unspecified atom stereocenters. The first-order valence-electron chi connectivity index (χ1n) is 8.79. The smallest absolute Gasteiger partial charge is 0.333 e. The molecule has 2 aliphatic rings. The van der Waals surface area contributed by atoms with Crippen molar-refractivity contribution in [2.24, 2.45) is 0 Å². The van der Waals surface area contributed by atoms with Crippen molar-refractivity contribution in [2.75, 3.05) is 13.2 Å². The minimum absolute atomic E-state index is 0.136. The average molecular weight is 516 g/mol. The fraction of sp³-hybridized carbons (Fsp3) is 0.571. The second kappa shape index (κ2) is 9.87. The van der Waals surface area contributed by atoms with E-state index in [1.807, 2.05) is 0 Å². The first kappa shape index (κ1) is 26.3. The number of hydrogen-bond donors (Lipinski definition) is 2. The molecule has 0 aliphatic carbocycles. The molecule has 184 valence electrons. The van der Waals surface area contributed by atoms with Crippen molar-refractivity contribution in [3.63, 3.8) is 0 Å². The van der Waals surface area contributed by atoms with Gasteiger partial charge in [-0.25, -0.2) is 9.59 Å². The average Bonchev–Trinajstić information content (AvgIpc) is 3.16. The van der Waals surface area contributed by atoms with Crippen LogP contribution >= 0.6 is 0 Å². The molecule has 0 radical (unpaired) electrons. The summed E-state index contributed by atoms with van der Waals surface area (Å²) < 4.78 is 59.0. The molecule has 0 aromatic carbocycles. The van der Waals surface area contributed by atoms with Crippen LogP contribution in [0.5, 0.6) is 0 Å². The monoisotopic (exact) mass is 516 g/mol. The van der Waals surface area contributed by atoms with E-state index in [4.69, 9.17) is 9.66 Å². The maximum atomic E-state index is 12.1. The summed E-state index contributed by atoms with van der Waals surface area (Å²) in [5.41, 5.74) is 0. The number of aliphatic hydroxyl groups excluding tert-OH is 1. The topological polar surface area (TPSA) is 245 Å². The van der Waals surface area contributed by atoms with Crippen LogP contribution in [0.4, 0.5) is 0 Å². The first-order chi connectivity index (χ1) is 15.2. The van der Waals surface area contributed by atoms with E-state index in [0.717, 1.165) is 0 Å². The number of hydroxylamine groups is 4. The molecular formula is C14H16N2O15S2. The lowest BCUT2D eigenvalue weighted by molar-refractivity contribution is -0.201. The van der Waals surface area contributed by atoms with Gasteiger partial charge in [0.2, 0.25) is 0 Å². The van der Waals surface area contributed by atoms with Gasteiger partial charge in [0, 0.05) is 0 Å². The molecule has 0 saturated carbocycles. The molecule has 0 bridgehead atoms. The van der Waals surface area contributed by atoms with Crippen molar-refractivity contribution in [3.05, 3.63) is 0 Å². The standard InChI is InChI=1S/C14H16N2O15S2/c17-3-4-29-33(27,28)8-6-10(19)16(14(8)23)31-12(21)2-1-11(20)30-15-9(18)5-7(13(15)22)32(24,25)26/h7-8,17H,1-6H2,(H,24,25,26). The molecule has 2 N–H and O–H groups in total. The van der Waals surface area contributed by atoms with Crippen LogP contribution in [0.1, 0.15) is 25.7 Å². The number of nitrogens with zero attached hydrogens (tertiary/aromatic N) is 2. The predicted octanol–water partition coefficient (Wildman–Crippen LogP) is -3.84. The molecule has 19 heteroatoms. The zero-order valence-corrected chi connectivity index (χ0v) is 17.9. The van der Waals surface area contributed by atoms with E-state index in [-0.39, 0.29) is 10.1 Å². The molecule has 33 heavy (non-hydrogen) atoms. The second-order valence-corrected chi connectivity index (χ2v) is 9.81. The van der Waals surface area contributed by atoms with Crippen molar-refractivity contribution in [3.8, 4) is 0 Å². The fourth-order valence-corrected chi connectivity index (χ4v) is 4.41. The Morgan fingerprint density at radius 1 is 0.848 bits per heavy atom. The molecule has 0 aromatic rings. The lowest BCUT2D eigenvalue weighted by Gasteiger charge is -2.15.